The standard InChI is InChI=1S/C16H17NOS/c1-11-8-12(2)10-13(9-11)16(18)17-14-4-6-15(19-3)7-5-14/h4-10H,1-3H3,(H,17,18). The summed E-state index contributed by atoms with van der Waals surface area (Å²) >= 11 is 1.68. The van der Waals surface area contributed by atoms with Crippen LogP contribution in [0, 0.1) is 13.8 Å². The van der Waals surface area contributed by atoms with E-state index in [0.29, 0.717) is 5.56 Å². The summed E-state index contributed by atoms with van der Waals surface area (Å²) in [6.07, 6.45) is 2.03. The van der Waals surface area contributed by atoms with Gasteiger partial charge in [-0.05, 0) is 56.5 Å². The summed E-state index contributed by atoms with van der Waals surface area (Å²) < 4.78 is 0. The number of aryl methyl sites for hydroxylation is 2. The molecule has 0 saturated heterocycles. The molecule has 0 aliphatic carbocycles. The Bertz CT molecular complexity index is 570. The summed E-state index contributed by atoms with van der Waals surface area (Å²) in [5.74, 6) is -0.0660. The SMILES string of the molecule is CSc1ccc(NC(=O)c2cc(C)cc(C)c2)cc1. The minimum absolute atomic E-state index is 0.0660. The Morgan fingerprint density at radius 1 is 1.00 bits per heavy atom. The van der Waals surface area contributed by atoms with Crippen LogP contribution in [0.2, 0.25) is 0 Å². The van der Waals surface area contributed by atoms with E-state index in [9.17, 15) is 4.79 Å². The van der Waals surface area contributed by atoms with Crippen molar-refractivity contribution in [3.63, 3.8) is 0 Å². The first-order chi connectivity index (χ1) is 9.08. The lowest BCUT2D eigenvalue weighted by Crippen LogP contribution is -2.12. The maximum atomic E-state index is 12.2. The van der Waals surface area contributed by atoms with Crippen LogP contribution < -0.4 is 5.32 Å². The van der Waals surface area contributed by atoms with Gasteiger partial charge in [-0.3, -0.25) is 4.79 Å². The lowest BCUT2D eigenvalue weighted by atomic mass is 10.1. The van der Waals surface area contributed by atoms with Crippen molar-refractivity contribution < 1.29 is 4.79 Å². The second-order valence-electron chi connectivity index (χ2n) is 4.56. The molecule has 0 fully saturated rings. The van der Waals surface area contributed by atoms with Gasteiger partial charge in [-0.25, -0.2) is 0 Å². The summed E-state index contributed by atoms with van der Waals surface area (Å²) in [6, 6.07) is 13.7. The lowest BCUT2D eigenvalue weighted by molar-refractivity contribution is 0.102. The molecule has 0 bridgehead atoms. The van der Waals surface area contributed by atoms with E-state index in [1.807, 2.05) is 56.5 Å². The molecule has 0 heterocycles. The number of carbonyl (C=O) groups is 1. The largest absolute Gasteiger partial charge is 0.322 e. The monoisotopic (exact) mass is 271 g/mol. The number of benzene rings is 2. The number of carbonyl (C=O) groups excluding carboxylic acids is 1. The zero-order chi connectivity index (χ0) is 13.8. The van der Waals surface area contributed by atoms with Gasteiger partial charge in [0.15, 0.2) is 0 Å². The molecule has 0 aliphatic heterocycles. The average Bonchev–Trinajstić information content (AvgIpc) is 2.38. The van der Waals surface area contributed by atoms with Gasteiger partial charge < -0.3 is 5.32 Å². The van der Waals surface area contributed by atoms with Gasteiger partial charge in [-0.1, -0.05) is 17.2 Å². The van der Waals surface area contributed by atoms with E-state index in [0.717, 1.165) is 16.8 Å². The van der Waals surface area contributed by atoms with Gasteiger partial charge in [-0.15, -0.1) is 11.8 Å². The molecule has 0 aromatic heterocycles. The maximum Gasteiger partial charge on any atom is 0.255 e. The van der Waals surface area contributed by atoms with Crippen molar-refractivity contribution in [2.45, 2.75) is 18.7 Å². The van der Waals surface area contributed by atoms with Gasteiger partial charge in [-0.2, -0.15) is 0 Å². The highest BCUT2D eigenvalue weighted by Gasteiger charge is 2.07. The molecule has 98 valence electrons. The zero-order valence-electron chi connectivity index (χ0n) is 11.4. The average molecular weight is 271 g/mol. The number of anilines is 1. The number of rotatable bonds is 3. The third-order valence-corrected chi connectivity index (χ3v) is 3.58. The normalized spacial score (nSPS) is 10.3. The van der Waals surface area contributed by atoms with Crippen LogP contribution in [-0.2, 0) is 0 Å². The number of thioether (sulfide) groups is 1. The molecule has 1 amide bonds. The Labute approximate surface area is 118 Å². The molecule has 2 aromatic carbocycles. The summed E-state index contributed by atoms with van der Waals surface area (Å²) in [7, 11) is 0. The fourth-order valence-electron chi connectivity index (χ4n) is 1.98. The third-order valence-electron chi connectivity index (χ3n) is 2.83. The molecule has 2 rings (SSSR count). The van der Waals surface area contributed by atoms with Crippen molar-refractivity contribution in [3.8, 4) is 0 Å². The van der Waals surface area contributed by atoms with Crippen LogP contribution in [0.4, 0.5) is 5.69 Å². The van der Waals surface area contributed by atoms with Crippen molar-refractivity contribution in [1.29, 1.82) is 0 Å². The van der Waals surface area contributed by atoms with E-state index < -0.39 is 0 Å². The topological polar surface area (TPSA) is 29.1 Å². The van der Waals surface area contributed by atoms with Crippen LogP contribution in [0.15, 0.2) is 47.4 Å². The zero-order valence-corrected chi connectivity index (χ0v) is 12.2. The first-order valence-electron chi connectivity index (χ1n) is 6.12. The van der Waals surface area contributed by atoms with Crippen LogP contribution in [0.3, 0.4) is 0 Å². The molecular formula is C16H17NOS. The Morgan fingerprint density at radius 2 is 1.58 bits per heavy atom. The maximum absolute atomic E-state index is 12.2. The summed E-state index contributed by atoms with van der Waals surface area (Å²) in [6.45, 7) is 3.99. The smallest absolute Gasteiger partial charge is 0.255 e. The van der Waals surface area contributed by atoms with Crippen molar-refractivity contribution in [2.24, 2.45) is 0 Å². The summed E-state index contributed by atoms with van der Waals surface area (Å²) in [4.78, 5) is 13.3. The van der Waals surface area contributed by atoms with Crippen LogP contribution in [0.1, 0.15) is 21.5 Å². The number of amides is 1. The third kappa shape index (κ3) is 3.61. The van der Waals surface area contributed by atoms with Crippen LogP contribution in [0.25, 0.3) is 0 Å². The Kier molecular flexibility index (Phi) is 4.27. The highest BCUT2D eigenvalue weighted by atomic mass is 32.2. The van der Waals surface area contributed by atoms with E-state index in [1.54, 1.807) is 11.8 Å². The summed E-state index contributed by atoms with van der Waals surface area (Å²) in [5.41, 5.74) is 3.72. The lowest BCUT2D eigenvalue weighted by Gasteiger charge is -2.07. The van der Waals surface area contributed by atoms with Gasteiger partial charge in [0.1, 0.15) is 0 Å². The molecular weight excluding hydrogens is 254 g/mol. The van der Waals surface area contributed by atoms with E-state index >= 15 is 0 Å². The molecule has 0 aliphatic rings. The minimum Gasteiger partial charge on any atom is -0.322 e. The van der Waals surface area contributed by atoms with Gasteiger partial charge in [0.2, 0.25) is 0 Å². The summed E-state index contributed by atoms with van der Waals surface area (Å²) in [5, 5.41) is 2.92. The predicted molar refractivity (Wildman–Crippen MR) is 82.1 cm³/mol. The molecule has 2 nitrogen and oxygen atoms in total. The Hall–Kier alpha value is -1.74. The molecule has 0 atom stereocenters. The molecule has 0 spiro atoms. The first kappa shape index (κ1) is 13.7. The molecule has 2 aromatic rings. The van der Waals surface area contributed by atoms with E-state index in [-0.39, 0.29) is 5.91 Å². The Morgan fingerprint density at radius 3 is 2.11 bits per heavy atom. The second-order valence-corrected chi connectivity index (χ2v) is 5.44. The number of hydrogen-bond donors (Lipinski definition) is 1. The van der Waals surface area contributed by atoms with Crippen LogP contribution in [-0.4, -0.2) is 12.2 Å². The Balaban J connectivity index is 2.15. The number of nitrogens with one attached hydrogen (secondary N) is 1. The number of hydrogen-bond acceptors (Lipinski definition) is 2. The minimum atomic E-state index is -0.0660. The van der Waals surface area contributed by atoms with Crippen molar-refractivity contribution in [1.82, 2.24) is 0 Å². The molecule has 1 N–H and O–H groups in total. The molecule has 3 heteroatoms. The first-order valence-corrected chi connectivity index (χ1v) is 7.34. The van der Waals surface area contributed by atoms with Gasteiger partial charge in [0.05, 0.1) is 0 Å². The van der Waals surface area contributed by atoms with Crippen LogP contribution >= 0.6 is 11.8 Å². The highest BCUT2D eigenvalue weighted by Crippen LogP contribution is 2.18. The van der Waals surface area contributed by atoms with Crippen molar-refractivity contribution >= 4 is 23.4 Å². The fourth-order valence-corrected chi connectivity index (χ4v) is 2.39. The molecule has 0 unspecified atom stereocenters. The predicted octanol–water partition coefficient (Wildman–Crippen LogP) is 4.28. The quantitative estimate of drug-likeness (QED) is 0.844. The van der Waals surface area contributed by atoms with Gasteiger partial charge >= 0.3 is 0 Å². The van der Waals surface area contributed by atoms with Gasteiger partial charge in [0, 0.05) is 16.1 Å². The highest BCUT2D eigenvalue weighted by molar-refractivity contribution is 7.98. The van der Waals surface area contributed by atoms with E-state index in [2.05, 4.69) is 11.4 Å². The second kappa shape index (κ2) is 5.93. The van der Waals surface area contributed by atoms with Crippen molar-refractivity contribution in [3.05, 3.63) is 59.2 Å². The van der Waals surface area contributed by atoms with E-state index in [1.165, 1.54) is 4.90 Å². The van der Waals surface area contributed by atoms with Gasteiger partial charge in [0.25, 0.3) is 5.91 Å². The van der Waals surface area contributed by atoms with E-state index in [4.69, 9.17) is 0 Å². The van der Waals surface area contributed by atoms with Crippen LogP contribution in [0.5, 0.6) is 0 Å². The van der Waals surface area contributed by atoms with Crippen molar-refractivity contribution in [2.75, 3.05) is 11.6 Å². The fraction of sp³-hybridized carbons (Fsp3) is 0.188. The molecule has 19 heavy (non-hydrogen) atoms. The molecule has 0 saturated carbocycles. The molecule has 0 radical (unpaired) electrons.